The molecule has 2 N–H and O–H groups in total. The molecule has 0 aliphatic rings. The number of benzene rings is 1. The van der Waals surface area contributed by atoms with Gasteiger partial charge in [0.05, 0.1) is 31.4 Å². The highest BCUT2D eigenvalue weighted by Crippen LogP contribution is 2.18. The summed E-state index contributed by atoms with van der Waals surface area (Å²) in [4.78, 5) is 27.8. The summed E-state index contributed by atoms with van der Waals surface area (Å²) in [5.74, 6) is 0.195. The zero-order valence-electron chi connectivity index (χ0n) is 20.5. The number of rotatable bonds is 13. The van der Waals surface area contributed by atoms with E-state index in [0.29, 0.717) is 30.8 Å². The van der Waals surface area contributed by atoms with E-state index < -0.39 is 34.1 Å². The van der Waals surface area contributed by atoms with Crippen molar-refractivity contribution in [2.75, 3.05) is 13.7 Å². The van der Waals surface area contributed by atoms with Crippen LogP contribution >= 0.6 is 0 Å². The molecule has 2 rings (SSSR count). The molecule has 10 heteroatoms. The standard InChI is InChI=1S/C24H35N3O6S/c1-6-9-21(23(29)26-24(3,4)7-2)27(17-19-10-8-15-33-19)22(28)16-25-34(30,31)20-13-11-18(32-5)12-14-20/h8,10-15,21,25H,6-7,9,16-17H2,1-5H3,(H,26,29)/t21-/m0/s1. The normalized spacial score (nSPS) is 12.7. The Hall–Kier alpha value is -2.85. The van der Waals surface area contributed by atoms with Gasteiger partial charge in [-0.1, -0.05) is 20.3 Å². The summed E-state index contributed by atoms with van der Waals surface area (Å²) in [7, 11) is -2.46. The maximum Gasteiger partial charge on any atom is 0.243 e. The maximum atomic E-state index is 13.3. The average Bonchev–Trinajstić information content (AvgIpc) is 3.33. The SMILES string of the molecule is CCC[C@@H](C(=O)NC(C)(C)CC)N(Cc1ccco1)C(=O)CNS(=O)(=O)c1ccc(OC)cc1. The number of carbonyl (C=O) groups excluding carboxylic acids is 2. The molecule has 188 valence electrons. The van der Waals surface area contributed by atoms with Gasteiger partial charge in [0.2, 0.25) is 21.8 Å². The Kier molecular flexibility index (Phi) is 9.69. The summed E-state index contributed by atoms with van der Waals surface area (Å²) in [6, 6.07) is 8.46. The molecular formula is C24H35N3O6S. The van der Waals surface area contributed by atoms with E-state index in [1.165, 1.54) is 42.5 Å². The Labute approximate surface area is 201 Å². The van der Waals surface area contributed by atoms with Gasteiger partial charge in [0.1, 0.15) is 17.6 Å². The van der Waals surface area contributed by atoms with Gasteiger partial charge in [0, 0.05) is 5.54 Å². The van der Waals surface area contributed by atoms with Crippen molar-refractivity contribution >= 4 is 21.8 Å². The number of carbonyl (C=O) groups is 2. The molecule has 1 heterocycles. The Morgan fingerprint density at radius 2 is 1.82 bits per heavy atom. The molecule has 2 aromatic rings. The zero-order chi connectivity index (χ0) is 25.4. The molecular weight excluding hydrogens is 458 g/mol. The van der Waals surface area contributed by atoms with Gasteiger partial charge >= 0.3 is 0 Å². The van der Waals surface area contributed by atoms with Crippen LogP contribution in [0.3, 0.4) is 0 Å². The van der Waals surface area contributed by atoms with Crippen LogP contribution in [0.25, 0.3) is 0 Å². The molecule has 9 nitrogen and oxygen atoms in total. The molecule has 1 aromatic heterocycles. The van der Waals surface area contributed by atoms with Gasteiger partial charge in [-0.05, 0) is 63.1 Å². The van der Waals surface area contributed by atoms with Crippen LogP contribution in [0.1, 0.15) is 52.7 Å². The quantitative estimate of drug-likeness (QED) is 0.443. The van der Waals surface area contributed by atoms with Crippen LogP contribution in [-0.4, -0.2) is 50.4 Å². The van der Waals surface area contributed by atoms with Crippen molar-refractivity contribution in [2.24, 2.45) is 0 Å². The summed E-state index contributed by atoms with van der Waals surface area (Å²) in [5, 5.41) is 3.00. The van der Waals surface area contributed by atoms with Gasteiger partial charge in [-0.3, -0.25) is 9.59 Å². The van der Waals surface area contributed by atoms with Crippen molar-refractivity contribution in [3.8, 4) is 5.75 Å². The van der Waals surface area contributed by atoms with Crippen LogP contribution in [0.2, 0.25) is 0 Å². The van der Waals surface area contributed by atoms with Crippen molar-refractivity contribution in [3.63, 3.8) is 0 Å². The summed E-state index contributed by atoms with van der Waals surface area (Å²) in [6.07, 6.45) is 3.28. The van der Waals surface area contributed by atoms with E-state index in [4.69, 9.17) is 9.15 Å². The van der Waals surface area contributed by atoms with Crippen molar-refractivity contribution in [2.45, 2.75) is 70.0 Å². The lowest BCUT2D eigenvalue weighted by atomic mass is 10.00. The van der Waals surface area contributed by atoms with Gasteiger partial charge in [-0.2, -0.15) is 0 Å². The summed E-state index contributed by atoms with van der Waals surface area (Å²) >= 11 is 0. The Morgan fingerprint density at radius 1 is 1.15 bits per heavy atom. The molecule has 2 amide bonds. The first-order valence-electron chi connectivity index (χ1n) is 11.3. The van der Waals surface area contributed by atoms with E-state index in [2.05, 4.69) is 10.0 Å². The lowest BCUT2D eigenvalue weighted by molar-refractivity contribution is -0.141. The minimum Gasteiger partial charge on any atom is -0.497 e. The number of amides is 2. The summed E-state index contributed by atoms with van der Waals surface area (Å²) < 4.78 is 38.2. The highest BCUT2D eigenvalue weighted by atomic mass is 32.2. The first-order chi connectivity index (χ1) is 16.0. The second-order valence-corrected chi connectivity index (χ2v) is 10.4. The van der Waals surface area contributed by atoms with E-state index in [1.807, 2.05) is 27.7 Å². The highest BCUT2D eigenvalue weighted by molar-refractivity contribution is 7.89. The third kappa shape index (κ3) is 7.59. The zero-order valence-corrected chi connectivity index (χ0v) is 21.3. The van der Waals surface area contributed by atoms with Gasteiger partial charge < -0.3 is 19.4 Å². The number of nitrogens with one attached hydrogen (secondary N) is 2. The minimum atomic E-state index is -3.94. The van der Waals surface area contributed by atoms with Gasteiger partial charge in [0.25, 0.3) is 0 Å². The van der Waals surface area contributed by atoms with E-state index in [0.717, 1.165) is 0 Å². The Bertz CT molecular complexity index is 1030. The molecule has 0 spiro atoms. The van der Waals surface area contributed by atoms with Gasteiger partial charge in [-0.15, -0.1) is 0 Å². The lowest BCUT2D eigenvalue weighted by Crippen LogP contribution is -2.55. The fourth-order valence-corrected chi connectivity index (χ4v) is 4.22. The molecule has 0 unspecified atom stereocenters. The molecule has 0 bridgehead atoms. The second kappa shape index (κ2) is 12.0. The van der Waals surface area contributed by atoms with Crippen molar-refractivity contribution in [1.82, 2.24) is 14.9 Å². The summed E-state index contributed by atoms with van der Waals surface area (Å²) in [6.45, 7) is 7.26. The fourth-order valence-electron chi connectivity index (χ4n) is 3.25. The number of hydrogen-bond acceptors (Lipinski definition) is 6. The van der Waals surface area contributed by atoms with E-state index in [1.54, 1.807) is 12.1 Å². The third-order valence-electron chi connectivity index (χ3n) is 5.60. The largest absolute Gasteiger partial charge is 0.497 e. The molecule has 0 aliphatic carbocycles. The number of hydrogen-bond donors (Lipinski definition) is 2. The molecule has 0 saturated heterocycles. The lowest BCUT2D eigenvalue weighted by Gasteiger charge is -2.34. The van der Waals surface area contributed by atoms with Crippen LogP contribution in [-0.2, 0) is 26.2 Å². The predicted octanol–water partition coefficient (Wildman–Crippen LogP) is 3.07. The first-order valence-corrected chi connectivity index (χ1v) is 12.8. The first kappa shape index (κ1) is 27.4. The smallest absolute Gasteiger partial charge is 0.243 e. The van der Waals surface area contributed by atoms with Crippen LogP contribution in [0.15, 0.2) is 52.0 Å². The topological polar surface area (TPSA) is 118 Å². The number of furan rings is 1. The monoisotopic (exact) mass is 493 g/mol. The highest BCUT2D eigenvalue weighted by Gasteiger charge is 2.33. The van der Waals surface area contributed by atoms with Crippen molar-refractivity contribution in [1.29, 1.82) is 0 Å². The maximum absolute atomic E-state index is 13.3. The van der Waals surface area contributed by atoms with E-state index >= 15 is 0 Å². The molecule has 34 heavy (non-hydrogen) atoms. The second-order valence-electron chi connectivity index (χ2n) is 8.63. The van der Waals surface area contributed by atoms with Crippen LogP contribution in [0.5, 0.6) is 5.75 Å². The fraction of sp³-hybridized carbons (Fsp3) is 0.500. The summed E-state index contributed by atoms with van der Waals surface area (Å²) in [5.41, 5.74) is -0.446. The van der Waals surface area contributed by atoms with Crippen LogP contribution in [0, 0.1) is 0 Å². The van der Waals surface area contributed by atoms with Gasteiger partial charge in [0.15, 0.2) is 0 Å². The minimum absolute atomic E-state index is 0.00577. The van der Waals surface area contributed by atoms with Gasteiger partial charge in [-0.25, -0.2) is 13.1 Å². The third-order valence-corrected chi connectivity index (χ3v) is 7.01. The van der Waals surface area contributed by atoms with Crippen LogP contribution in [0.4, 0.5) is 0 Å². The van der Waals surface area contributed by atoms with Crippen LogP contribution < -0.4 is 14.8 Å². The average molecular weight is 494 g/mol. The Morgan fingerprint density at radius 3 is 2.35 bits per heavy atom. The number of sulfonamides is 1. The molecule has 0 radical (unpaired) electrons. The predicted molar refractivity (Wildman–Crippen MR) is 129 cm³/mol. The molecule has 1 aromatic carbocycles. The van der Waals surface area contributed by atoms with E-state index in [-0.39, 0.29) is 17.3 Å². The molecule has 0 aliphatic heterocycles. The molecule has 0 fully saturated rings. The molecule has 0 saturated carbocycles. The number of nitrogens with zero attached hydrogens (tertiary/aromatic N) is 1. The number of methoxy groups -OCH3 is 1. The van der Waals surface area contributed by atoms with Crippen molar-refractivity contribution in [3.05, 3.63) is 48.4 Å². The van der Waals surface area contributed by atoms with Crippen molar-refractivity contribution < 1.29 is 27.2 Å². The molecule has 1 atom stereocenters. The Balaban J connectivity index is 2.25. The van der Waals surface area contributed by atoms with E-state index in [9.17, 15) is 18.0 Å². The number of ether oxygens (including phenoxy) is 1.